The van der Waals surface area contributed by atoms with E-state index in [2.05, 4.69) is 0 Å². The zero-order valence-corrected chi connectivity index (χ0v) is 14.3. The van der Waals surface area contributed by atoms with Crippen LogP contribution in [0.15, 0.2) is 40.3 Å². The number of benzene rings is 1. The number of halogens is 2. The minimum absolute atomic E-state index is 0.0694. The van der Waals surface area contributed by atoms with E-state index in [0.29, 0.717) is 40.2 Å². The number of rotatable bonds is 3. The zero-order valence-electron chi connectivity index (χ0n) is 12.8. The van der Waals surface area contributed by atoms with Crippen LogP contribution in [0.1, 0.15) is 18.6 Å². The Hall–Kier alpha value is -2.22. The third kappa shape index (κ3) is 3.48. The Balaban J connectivity index is 1.86. The Morgan fingerprint density at radius 1 is 1.21 bits per heavy atom. The highest BCUT2D eigenvalue weighted by Crippen LogP contribution is 2.32. The van der Waals surface area contributed by atoms with Crippen LogP contribution in [0.4, 0.5) is 0 Å². The van der Waals surface area contributed by atoms with Crippen LogP contribution >= 0.6 is 23.2 Å². The van der Waals surface area contributed by atoms with Crippen LogP contribution in [0.5, 0.6) is 0 Å². The molecule has 0 atom stereocenters. The lowest BCUT2D eigenvalue weighted by Crippen LogP contribution is -2.28. The highest BCUT2D eigenvalue weighted by Gasteiger charge is 2.21. The lowest BCUT2D eigenvalue weighted by molar-refractivity contribution is -0.125. The first-order valence-corrected chi connectivity index (χ1v) is 8.30. The van der Waals surface area contributed by atoms with E-state index >= 15 is 0 Å². The predicted octanol–water partition coefficient (Wildman–Crippen LogP) is 4.78. The van der Waals surface area contributed by atoms with Crippen molar-refractivity contribution in [2.45, 2.75) is 12.8 Å². The topological polar surface area (TPSA) is 57.2 Å². The summed E-state index contributed by atoms with van der Waals surface area (Å²) in [6, 6.07) is 10.5. The molecule has 6 heteroatoms. The molecule has 1 aromatic heterocycles. The van der Waals surface area contributed by atoms with Crippen molar-refractivity contribution in [1.82, 2.24) is 4.90 Å². The summed E-state index contributed by atoms with van der Waals surface area (Å²) in [6.07, 6.45) is 3.42. The fourth-order valence-corrected chi connectivity index (χ4v) is 3.14. The van der Waals surface area contributed by atoms with Crippen molar-refractivity contribution in [1.29, 1.82) is 5.26 Å². The first kappa shape index (κ1) is 16.6. The van der Waals surface area contributed by atoms with Gasteiger partial charge >= 0.3 is 0 Å². The Morgan fingerprint density at radius 2 is 1.96 bits per heavy atom. The zero-order chi connectivity index (χ0) is 17.1. The summed E-state index contributed by atoms with van der Waals surface area (Å²) in [5.74, 6) is 0.728. The van der Waals surface area contributed by atoms with Crippen LogP contribution in [0.3, 0.4) is 0 Å². The van der Waals surface area contributed by atoms with E-state index in [1.54, 1.807) is 35.2 Å². The van der Waals surface area contributed by atoms with Gasteiger partial charge < -0.3 is 9.32 Å². The number of carbonyl (C=O) groups excluding carboxylic acids is 1. The fourth-order valence-electron chi connectivity index (χ4n) is 2.64. The van der Waals surface area contributed by atoms with Crippen molar-refractivity contribution in [2.75, 3.05) is 13.1 Å². The van der Waals surface area contributed by atoms with Crippen LogP contribution < -0.4 is 0 Å². The Bertz CT molecular complexity index is 843. The van der Waals surface area contributed by atoms with Crippen LogP contribution in [0.2, 0.25) is 10.0 Å². The van der Waals surface area contributed by atoms with Gasteiger partial charge in [0.1, 0.15) is 23.2 Å². The largest absolute Gasteiger partial charge is 0.457 e. The van der Waals surface area contributed by atoms with Crippen molar-refractivity contribution in [2.24, 2.45) is 0 Å². The minimum atomic E-state index is -0.252. The molecule has 0 spiro atoms. The molecule has 1 fully saturated rings. The van der Waals surface area contributed by atoms with E-state index in [-0.39, 0.29) is 11.5 Å². The summed E-state index contributed by atoms with van der Waals surface area (Å²) >= 11 is 12.1. The van der Waals surface area contributed by atoms with Gasteiger partial charge in [0, 0.05) is 29.8 Å². The number of hydrogen-bond donors (Lipinski definition) is 0. The van der Waals surface area contributed by atoms with E-state index in [0.717, 1.165) is 12.8 Å². The van der Waals surface area contributed by atoms with Crippen LogP contribution in [0.25, 0.3) is 17.4 Å². The molecule has 0 saturated carbocycles. The molecule has 24 heavy (non-hydrogen) atoms. The van der Waals surface area contributed by atoms with Crippen molar-refractivity contribution in [3.05, 3.63) is 51.7 Å². The summed E-state index contributed by atoms with van der Waals surface area (Å²) in [5, 5.41) is 10.3. The fraction of sp³-hybridized carbons (Fsp3) is 0.222. The predicted molar refractivity (Wildman–Crippen MR) is 93.6 cm³/mol. The average Bonchev–Trinajstić information content (AvgIpc) is 3.24. The summed E-state index contributed by atoms with van der Waals surface area (Å²) in [4.78, 5) is 14.0. The molecular formula is C18H14Cl2N2O2. The molecular weight excluding hydrogens is 347 g/mol. The van der Waals surface area contributed by atoms with E-state index < -0.39 is 0 Å². The van der Waals surface area contributed by atoms with Gasteiger partial charge in [-0.15, -0.1) is 0 Å². The first-order valence-electron chi connectivity index (χ1n) is 7.55. The normalized spacial score (nSPS) is 14.7. The molecule has 2 aromatic rings. The third-order valence-corrected chi connectivity index (χ3v) is 4.40. The summed E-state index contributed by atoms with van der Waals surface area (Å²) in [6.45, 7) is 1.39. The number of carbonyl (C=O) groups is 1. The van der Waals surface area contributed by atoms with Crippen LogP contribution in [-0.2, 0) is 4.79 Å². The quantitative estimate of drug-likeness (QED) is 0.584. The van der Waals surface area contributed by atoms with Crippen molar-refractivity contribution in [3.63, 3.8) is 0 Å². The molecule has 1 aromatic carbocycles. The van der Waals surface area contributed by atoms with Gasteiger partial charge in [-0.05, 0) is 43.2 Å². The molecule has 0 unspecified atom stereocenters. The molecule has 0 aliphatic carbocycles. The smallest absolute Gasteiger partial charge is 0.264 e. The van der Waals surface area contributed by atoms with Gasteiger partial charge in [0.15, 0.2) is 0 Å². The molecule has 1 amide bonds. The highest BCUT2D eigenvalue weighted by atomic mass is 35.5. The van der Waals surface area contributed by atoms with Gasteiger partial charge in [-0.2, -0.15) is 5.26 Å². The second kappa shape index (κ2) is 7.12. The van der Waals surface area contributed by atoms with Gasteiger partial charge in [0.2, 0.25) is 0 Å². The summed E-state index contributed by atoms with van der Waals surface area (Å²) in [7, 11) is 0. The van der Waals surface area contributed by atoms with Gasteiger partial charge in [-0.25, -0.2) is 0 Å². The molecule has 3 rings (SSSR count). The van der Waals surface area contributed by atoms with Gasteiger partial charge in [0.25, 0.3) is 5.91 Å². The Kier molecular flexibility index (Phi) is 4.94. The lowest BCUT2D eigenvalue weighted by atomic mass is 10.2. The SMILES string of the molecule is N#C/C(=C\c1ccc(-c2ccc(Cl)cc2Cl)o1)C(=O)N1CCCC1. The Labute approximate surface area is 149 Å². The number of amides is 1. The number of likely N-dealkylation sites (tertiary alicyclic amines) is 1. The monoisotopic (exact) mass is 360 g/mol. The second-order valence-corrected chi connectivity index (χ2v) is 6.34. The minimum Gasteiger partial charge on any atom is -0.457 e. The number of furan rings is 1. The van der Waals surface area contributed by atoms with Crippen molar-refractivity contribution in [3.8, 4) is 17.4 Å². The lowest BCUT2D eigenvalue weighted by Gasteiger charge is -2.13. The molecule has 1 aliphatic rings. The standard InChI is InChI=1S/C18H14Cl2N2O2/c19-13-3-5-15(16(20)10-13)17-6-4-14(24-17)9-12(11-21)18(23)22-7-1-2-8-22/h3-6,9-10H,1-2,7-8H2/b12-9+. The molecule has 0 bridgehead atoms. The molecule has 122 valence electrons. The van der Waals surface area contributed by atoms with Crippen molar-refractivity contribution < 1.29 is 9.21 Å². The average molecular weight is 361 g/mol. The maximum absolute atomic E-state index is 12.3. The highest BCUT2D eigenvalue weighted by molar-refractivity contribution is 6.36. The van der Waals surface area contributed by atoms with Crippen molar-refractivity contribution >= 4 is 35.2 Å². The van der Waals surface area contributed by atoms with Gasteiger partial charge in [-0.3, -0.25) is 4.79 Å². The van der Waals surface area contributed by atoms with E-state index in [1.165, 1.54) is 6.08 Å². The first-order chi connectivity index (χ1) is 11.6. The second-order valence-electron chi connectivity index (χ2n) is 5.50. The summed E-state index contributed by atoms with van der Waals surface area (Å²) in [5.41, 5.74) is 0.769. The Morgan fingerprint density at radius 3 is 2.62 bits per heavy atom. The van der Waals surface area contributed by atoms with E-state index in [1.807, 2.05) is 6.07 Å². The summed E-state index contributed by atoms with van der Waals surface area (Å²) < 4.78 is 5.71. The molecule has 1 aliphatic heterocycles. The molecule has 4 nitrogen and oxygen atoms in total. The van der Waals surface area contributed by atoms with Gasteiger partial charge in [-0.1, -0.05) is 23.2 Å². The number of hydrogen-bond acceptors (Lipinski definition) is 3. The molecule has 0 N–H and O–H groups in total. The van der Waals surface area contributed by atoms with E-state index in [9.17, 15) is 10.1 Å². The third-order valence-electron chi connectivity index (χ3n) is 3.85. The molecule has 1 saturated heterocycles. The van der Waals surface area contributed by atoms with Crippen LogP contribution in [0, 0.1) is 11.3 Å². The maximum Gasteiger partial charge on any atom is 0.264 e. The molecule has 0 radical (unpaired) electrons. The van der Waals surface area contributed by atoms with E-state index in [4.69, 9.17) is 27.6 Å². The number of nitrogens with zero attached hydrogens (tertiary/aromatic N) is 2. The maximum atomic E-state index is 12.3. The van der Waals surface area contributed by atoms with Crippen LogP contribution in [-0.4, -0.2) is 23.9 Å². The number of nitriles is 1. The molecule has 2 heterocycles. The van der Waals surface area contributed by atoms with Gasteiger partial charge in [0.05, 0.1) is 5.02 Å².